The van der Waals surface area contributed by atoms with Crippen molar-refractivity contribution in [2.45, 2.75) is 17.9 Å². The van der Waals surface area contributed by atoms with Gasteiger partial charge in [-0.2, -0.15) is 0 Å². The molecule has 1 aromatic heterocycles. The van der Waals surface area contributed by atoms with Gasteiger partial charge in [-0.3, -0.25) is 4.79 Å². The second-order valence-electron chi connectivity index (χ2n) is 6.15. The van der Waals surface area contributed by atoms with Gasteiger partial charge in [-0.25, -0.2) is 12.7 Å². The van der Waals surface area contributed by atoms with Crippen molar-refractivity contribution in [1.82, 2.24) is 4.31 Å². The van der Waals surface area contributed by atoms with Gasteiger partial charge in [-0.1, -0.05) is 12.1 Å². The van der Waals surface area contributed by atoms with Gasteiger partial charge in [0.05, 0.1) is 17.9 Å². The smallest absolute Gasteiger partial charge is 0.275 e. The molecule has 1 amide bonds. The Morgan fingerprint density at radius 1 is 1.32 bits per heavy atom. The minimum atomic E-state index is -3.72. The average Bonchev–Trinajstić information content (AvgIpc) is 3.26. The van der Waals surface area contributed by atoms with E-state index in [0.717, 1.165) is 10.6 Å². The summed E-state index contributed by atoms with van der Waals surface area (Å²) in [7, 11) is -0.932. The van der Waals surface area contributed by atoms with Crippen molar-refractivity contribution >= 4 is 21.6 Å². The maximum absolute atomic E-state index is 12.4. The van der Waals surface area contributed by atoms with Gasteiger partial charge in [0.25, 0.3) is 15.9 Å². The van der Waals surface area contributed by atoms with Gasteiger partial charge >= 0.3 is 0 Å². The van der Waals surface area contributed by atoms with Crippen LogP contribution in [0.1, 0.15) is 23.2 Å². The molecule has 0 radical (unpaired) electrons. The number of rotatable bonds is 7. The summed E-state index contributed by atoms with van der Waals surface area (Å²) in [5, 5.41) is 2.46. The van der Waals surface area contributed by atoms with Gasteiger partial charge in [-0.15, -0.1) is 0 Å². The highest BCUT2D eigenvalue weighted by Gasteiger charge is 2.24. The molecule has 1 saturated carbocycles. The van der Waals surface area contributed by atoms with Crippen LogP contribution in [0, 0.1) is 5.92 Å². The number of benzene rings is 1. The molecule has 1 heterocycles. The first kappa shape index (κ1) is 17.5. The van der Waals surface area contributed by atoms with Crippen LogP contribution < -0.4 is 10.1 Å². The van der Waals surface area contributed by atoms with Crippen molar-refractivity contribution in [2.75, 3.05) is 26.0 Å². The number of amides is 1. The molecule has 0 atom stereocenters. The minimum absolute atomic E-state index is 0.123. The quantitative estimate of drug-likeness (QED) is 0.816. The number of ether oxygens (including phenoxy) is 1. The van der Waals surface area contributed by atoms with Crippen molar-refractivity contribution in [3.63, 3.8) is 0 Å². The summed E-state index contributed by atoms with van der Waals surface area (Å²) in [5.41, 5.74) is 0.656. The molecule has 0 bridgehead atoms. The van der Waals surface area contributed by atoms with E-state index in [0.29, 0.717) is 24.0 Å². The normalized spacial score (nSPS) is 14.5. The summed E-state index contributed by atoms with van der Waals surface area (Å²) in [4.78, 5) is 12.4. The van der Waals surface area contributed by atoms with Gasteiger partial charge in [0.2, 0.25) is 5.09 Å². The van der Waals surface area contributed by atoms with Crippen LogP contribution in [0.2, 0.25) is 0 Å². The van der Waals surface area contributed by atoms with E-state index in [9.17, 15) is 13.2 Å². The van der Waals surface area contributed by atoms with E-state index >= 15 is 0 Å². The first-order valence-electron chi connectivity index (χ1n) is 7.92. The van der Waals surface area contributed by atoms with E-state index in [1.807, 2.05) is 6.07 Å². The van der Waals surface area contributed by atoms with Gasteiger partial charge in [0, 0.05) is 20.2 Å². The fourth-order valence-corrected chi connectivity index (χ4v) is 2.94. The summed E-state index contributed by atoms with van der Waals surface area (Å²) >= 11 is 0. The first-order valence-corrected chi connectivity index (χ1v) is 9.36. The van der Waals surface area contributed by atoms with Crippen LogP contribution in [0.4, 0.5) is 5.69 Å². The summed E-state index contributed by atoms with van der Waals surface area (Å²) in [6.45, 7) is 0.629. The maximum Gasteiger partial charge on any atom is 0.275 e. The third-order valence-electron chi connectivity index (χ3n) is 3.88. The average molecular weight is 364 g/mol. The zero-order valence-corrected chi connectivity index (χ0v) is 14.9. The summed E-state index contributed by atoms with van der Waals surface area (Å²) in [5.74, 6) is 0.718. The molecule has 8 heteroatoms. The lowest BCUT2D eigenvalue weighted by molar-refractivity contribution is 0.102. The number of sulfonamides is 1. The highest BCUT2D eigenvalue weighted by molar-refractivity contribution is 7.88. The Balaban J connectivity index is 1.73. The number of anilines is 1. The summed E-state index contributed by atoms with van der Waals surface area (Å²) in [6.07, 6.45) is 3.47. The molecule has 0 saturated heterocycles. The van der Waals surface area contributed by atoms with E-state index in [1.54, 1.807) is 18.2 Å². The number of furan rings is 1. The van der Waals surface area contributed by atoms with Gasteiger partial charge in [0.1, 0.15) is 12.0 Å². The molecule has 2 aromatic rings. The van der Waals surface area contributed by atoms with Crippen LogP contribution in [0.15, 0.2) is 46.1 Å². The largest absolute Gasteiger partial charge is 0.491 e. The third-order valence-corrected chi connectivity index (χ3v) is 5.56. The fraction of sp³-hybridized carbons (Fsp3) is 0.353. The number of nitrogens with zero attached hydrogens (tertiary/aromatic N) is 1. The highest BCUT2D eigenvalue weighted by Crippen LogP contribution is 2.32. The van der Waals surface area contributed by atoms with Crippen LogP contribution >= 0.6 is 0 Å². The summed E-state index contributed by atoms with van der Waals surface area (Å²) in [6, 6.07) is 8.35. The molecule has 7 nitrogen and oxygen atoms in total. The lowest BCUT2D eigenvalue weighted by Crippen LogP contribution is -2.21. The van der Waals surface area contributed by atoms with Crippen LogP contribution in [0.3, 0.4) is 0 Å². The second kappa shape index (κ2) is 6.89. The predicted octanol–water partition coefficient (Wildman–Crippen LogP) is 2.57. The molecule has 134 valence electrons. The van der Waals surface area contributed by atoms with Gasteiger partial charge in [-0.05, 0) is 30.9 Å². The Labute approximate surface area is 146 Å². The zero-order chi connectivity index (χ0) is 18.0. The molecule has 0 unspecified atom stereocenters. The van der Waals surface area contributed by atoms with Crippen molar-refractivity contribution in [3.8, 4) is 5.75 Å². The van der Waals surface area contributed by atoms with Crippen molar-refractivity contribution in [1.29, 1.82) is 0 Å². The Hall–Kier alpha value is -2.32. The van der Waals surface area contributed by atoms with Crippen molar-refractivity contribution in [3.05, 3.63) is 42.2 Å². The lowest BCUT2D eigenvalue weighted by atomic mass is 10.2. The van der Waals surface area contributed by atoms with E-state index in [-0.39, 0.29) is 10.7 Å². The molecule has 1 fully saturated rings. The van der Waals surface area contributed by atoms with Crippen LogP contribution in [-0.4, -0.2) is 39.3 Å². The van der Waals surface area contributed by atoms with Crippen molar-refractivity contribution in [2.24, 2.45) is 5.92 Å². The van der Waals surface area contributed by atoms with Gasteiger partial charge in [0.15, 0.2) is 0 Å². The third kappa shape index (κ3) is 4.02. The maximum atomic E-state index is 12.4. The van der Waals surface area contributed by atoms with Crippen molar-refractivity contribution < 1.29 is 22.4 Å². The SMILES string of the molecule is CN(C)S(=O)(=O)c1cc(C(=O)Nc2ccccc2OCC2CC2)co1. The predicted molar refractivity (Wildman–Crippen MR) is 92.2 cm³/mol. The zero-order valence-electron chi connectivity index (χ0n) is 14.1. The number of hydrogen-bond acceptors (Lipinski definition) is 5. The standard InChI is InChI=1S/C17H20N2O5S/c1-19(2)25(21,22)16-9-13(11-24-16)17(20)18-14-5-3-4-6-15(14)23-10-12-7-8-12/h3-6,9,11-12H,7-8,10H2,1-2H3,(H,18,20). The number of para-hydroxylation sites is 2. The molecule has 0 spiro atoms. The fourth-order valence-electron chi connectivity index (χ4n) is 2.13. The molecule has 1 aromatic carbocycles. The molecule has 1 aliphatic carbocycles. The Morgan fingerprint density at radius 2 is 2.04 bits per heavy atom. The first-order chi connectivity index (χ1) is 11.9. The Morgan fingerprint density at radius 3 is 2.72 bits per heavy atom. The topological polar surface area (TPSA) is 88.9 Å². The molecular weight excluding hydrogens is 344 g/mol. The molecule has 25 heavy (non-hydrogen) atoms. The minimum Gasteiger partial charge on any atom is -0.491 e. The van der Waals surface area contributed by atoms with Gasteiger partial charge < -0.3 is 14.5 Å². The Kier molecular flexibility index (Phi) is 4.82. The summed E-state index contributed by atoms with van der Waals surface area (Å²) < 4.78 is 35.8. The molecule has 1 N–H and O–H groups in total. The number of hydrogen-bond donors (Lipinski definition) is 1. The number of carbonyl (C=O) groups excluding carboxylic acids is 1. The molecular formula is C17H20N2O5S. The number of nitrogens with one attached hydrogen (secondary N) is 1. The van der Waals surface area contributed by atoms with Crippen LogP contribution in [-0.2, 0) is 10.0 Å². The van der Waals surface area contributed by atoms with E-state index in [4.69, 9.17) is 9.15 Å². The highest BCUT2D eigenvalue weighted by atomic mass is 32.2. The molecule has 0 aliphatic heterocycles. The number of carbonyl (C=O) groups is 1. The van der Waals surface area contributed by atoms with E-state index < -0.39 is 15.9 Å². The molecule has 1 aliphatic rings. The van der Waals surface area contributed by atoms with E-state index in [2.05, 4.69) is 5.32 Å². The monoisotopic (exact) mass is 364 g/mol. The lowest BCUT2D eigenvalue weighted by Gasteiger charge is -2.11. The molecule has 3 rings (SSSR count). The Bertz CT molecular complexity index is 869. The second-order valence-corrected chi connectivity index (χ2v) is 8.23. The van der Waals surface area contributed by atoms with E-state index in [1.165, 1.54) is 33.0 Å². The van der Waals surface area contributed by atoms with Crippen LogP contribution in [0.25, 0.3) is 0 Å². The van der Waals surface area contributed by atoms with Crippen LogP contribution in [0.5, 0.6) is 5.75 Å².